The van der Waals surface area contributed by atoms with Crippen molar-refractivity contribution in [3.8, 4) is 16.2 Å². The second kappa shape index (κ2) is 7.54. The Morgan fingerprint density at radius 2 is 1.73 bits per heavy atom. The lowest BCUT2D eigenvalue weighted by atomic mass is 10.2. The minimum absolute atomic E-state index is 0.0156. The predicted octanol–water partition coefficient (Wildman–Crippen LogP) is 4.59. The number of fused-ring (bicyclic) bond motifs is 1. The minimum atomic E-state index is 0.0156. The highest BCUT2D eigenvalue weighted by molar-refractivity contribution is 7.22. The number of hydrogen-bond acceptors (Lipinski definition) is 4. The van der Waals surface area contributed by atoms with E-state index in [9.17, 15) is 4.79 Å². The Morgan fingerprint density at radius 1 is 1.00 bits per heavy atom. The fourth-order valence-corrected chi connectivity index (χ4v) is 3.86. The number of hydrogen-bond donors (Lipinski definition) is 0. The van der Waals surface area contributed by atoms with Crippen molar-refractivity contribution in [3.05, 3.63) is 83.4 Å². The van der Waals surface area contributed by atoms with Crippen molar-refractivity contribution in [2.24, 2.45) is 0 Å². The number of rotatable bonds is 6. The lowest BCUT2D eigenvalue weighted by Crippen LogP contribution is -2.20. The standard InChI is InChI=1S/C21H18N2O2S/c24-21-20-18(14-19(26-20)16-8-3-1-4-9-16)22-15-23(21)12-7-13-25-17-10-5-2-6-11-17/h1-6,8-11,14-15H,7,12-13H2. The average Bonchev–Trinajstić information content (AvgIpc) is 3.13. The van der Waals surface area contributed by atoms with Crippen LogP contribution in [0.5, 0.6) is 5.75 Å². The molecule has 0 unspecified atom stereocenters. The Kier molecular flexibility index (Phi) is 4.80. The van der Waals surface area contributed by atoms with Crippen LogP contribution < -0.4 is 10.3 Å². The maximum atomic E-state index is 12.7. The number of thiophene rings is 1. The van der Waals surface area contributed by atoms with Crippen LogP contribution >= 0.6 is 11.3 Å². The van der Waals surface area contributed by atoms with E-state index < -0.39 is 0 Å². The van der Waals surface area contributed by atoms with Gasteiger partial charge in [-0.2, -0.15) is 0 Å². The molecule has 0 saturated heterocycles. The molecule has 0 spiro atoms. The molecular formula is C21H18N2O2S. The Bertz CT molecular complexity index is 1060. The summed E-state index contributed by atoms with van der Waals surface area (Å²) in [4.78, 5) is 18.3. The first-order chi connectivity index (χ1) is 12.8. The summed E-state index contributed by atoms with van der Waals surface area (Å²) < 4.78 is 8.06. The van der Waals surface area contributed by atoms with Crippen molar-refractivity contribution in [3.63, 3.8) is 0 Å². The number of ether oxygens (including phenoxy) is 1. The van der Waals surface area contributed by atoms with E-state index in [-0.39, 0.29) is 5.56 Å². The number of aryl methyl sites for hydroxylation is 1. The Labute approximate surface area is 155 Å². The predicted molar refractivity (Wildman–Crippen MR) is 106 cm³/mol. The molecule has 5 heteroatoms. The summed E-state index contributed by atoms with van der Waals surface area (Å²) in [6, 6.07) is 21.8. The first-order valence-electron chi connectivity index (χ1n) is 8.53. The molecule has 4 nitrogen and oxygen atoms in total. The molecule has 0 aliphatic rings. The largest absolute Gasteiger partial charge is 0.494 e. The Balaban J connectivity index is 1.48. The fraction of sp³-hybridized carbons (Fsp3) is 0.143. The lowest BCUT2D eigenvalue weighted by molar-refractivity contribution is 0.301. The first kappa shape index (κ1) is 16.5. The van der Waals surface area contributed by atoms with Gasteiger partial charge >= 0.3 is 0 Å². The quantitative estimate of drug-likeness (QED) is 0.471. The van der Waals surface area contributed by atoms with Crippen LogP contribution in [0.3, 0.4) is 0 Å². The van der Waals surface area contributed by atoms with Gasteiger partial charge < -0.3 is 4.74 Å². The molecule has 0 saturated carbocycles. The summed E-state index contributed by atoms with van der Waals surface area (Å²) >= 11 is 1.50. The van der Waals surface area contributed by atoms with Crippen LogP contribution in [0.2, 0.25) is 0 Å². The van der Waals surface area contributed by atoms with Crippen LogP contribution in [-0.4, -0.2) is 16.2 Å². The van der Waals surface area contributed by atoms with Gasteiger partial charge in [0.15, 0.2) is 0 Å². The SMILES string of the molecule is O=c1c2sc(-c3ccccc3)cc2ncn1CCCOc1ccccc1. The van der Waals surface area contributed by atoms with Crippen molar-refractivity contribution in [1.29, 1.82) is 0 Å². The van der Waals surface area contributed by atoms with Gasteiger partial charge in [0, 0.05) is 11.4 Å². The molecule has 0 aliphatic heterocycles. The van der Waals surface area contributed by atoms with Crippen LogP contribution in [0.15, 0.2) is 77.9 Å². The lowest BCUT2D eigenvalue weighted by Gasteiger charge is -2.07. The Morgan fingerprint density at radius 3 is 2.50 bits per heavy atom. The number of benzene rings is 2. The highest BCUT2D eigenvalue weighted by Gasteiger charge is 2.10. The fourth-order valence-electron chi connectivity index (χ4n) is 2.79. The second-order valence-corrected chi connectivity index (χ2v) is 7.00. The highest BCUT2D eigenvalue weighted by atomic mass is 32.1. The van der Waals surface area contributed by atoms with E-state index in [1.165, 1.54) is 11.3 Å². The maximum absolute atomic E-state index is 12.7. The van der Waals surface area contributed by atoms with Crippen LogP contribution in [0.1, 0.15) is 6.42 Å². The van der Waals surface area contributed by atoms with E-state index in [1.54, 1.807) is 10.9 Å². The molecule has 0 N–H and O–H groups in total. The summed E-state index contributed by atoms with van der Waals surface area (Å²) in [5.74, 6) is 0.846. The molecule has 2 heterocycles. The van der Waals surface area contributed by atoms with Crippen LogP contribution in [0.4, 0.5) is 0 Å². The molecule has 2 aromatic heterocycles. The van der Waals surface area contributed by atoms with Gasteiger partial charge in [0.05, 0.1) is 18.5 Å². The van der Waals surface area contributed by atoms with Crippen molar-refractivity contribution < 1.29 is 4.74 Å². The van der Waals surface area contributed by atoms with E-state index in [0.29, 0.717) is 17.9 Å². The summed E-state index contributed by atoms with van der Waals surface area (Å²) in [7, 11) is 0. The highest BCUT2D eigenvalue weighted by Crippen LogP contribution is 2.30. The maximum Gasteiger partial charge on any atom is 0.271 e. The summed E-state index contributed by atoms with van der Waals surface area (Å²) in [5, 5.41) is 0. The Hall–Kier alpha value is -2.92. The van der Waals surface area contributed by atoms with E-state index in [0.717, 1.165) is 28.1 Å². The molecule has 0 bridgehead atoms. The normalized spacial score (nSPS) is 10.9. The zero-order valence-electron chi connectivity index (χ0n) is 14.2. The van der Waals surface area contributed by atoms with Gasteiger partial charge in [0.25, 0.3) is 5.56 Å². The van der Waals surface area contributed by atoms with E-state index in [1.807, 2.05) is 66.7 Å². The average molecular weight is 362 g/mol. The second-order valence-electron chi connectivity index (χ2n) is 5.95. The molecule has 0 atom stereocenters. The zero-order chi connectivity index (χ0) is 17.8. The topological polar surface area (TPSA) is 44.1 Å². The zero-order valence-corrected chi connectivity index (χ0v) is 15.0. The van der Waals surface area contributed by atoms with Crippen LogP contribution in [-0.2, 0) is 6.54 Å². The van der Waals surface area contributed by atoms with Gasteiger partial charge in [0.2, 0.25) is 0 Å². The van der Waals surface area contributed by atoms with Crippen molar-refractivity contribution in [2.75, 3.05) is 6.61 Å². The summed E-state index contributed by atoms with van der Waals surface area (Å²) in [6.07, 6.45) is 2.38. The molecule has 2 aromatic carbocycles. The molecule has 4 aromatic rings. The smallest absolute Gasteiger partial charge is 0.271 e. The number of para-hydroxylation sites is 1. The van der Waals surface area contributed by atoms with Crippen molar-refractivity contribution in [2.45, 2.75) is 13.0 Å². The van der Waals surface area contributed by atoms with Gasteiger partial charge in [-0.3, -0.25) is 9.36 Å². The van der Waals surface area contributed by atoms with Gasteiger partial charge in [-0.05, 0) is 30.2 Å². The van der Waals surface area contributed by atoms with Crippen molar-refractivity contribution >= 4 is 21.6 Å². The summed E-state index contributed by atoms with van der Waals surface area (Å²) in [6.45, 7) is 1.15. The van der Waals surface area contributed by atoms with Gasteiger partial charge in [-0.1, -0.05) is 48.5 Å². The molecule has 0 fully saturated rings. The molecule has 0 aliphatic carbocycles. The molecule has 26 heavy (non-hydrogen) atoms. The molecule has 4 rings (SSSR count). The van der Waals surface area contributed by atoms with E-state index in [2.05, 4.69) is 4.98 Å². The van der Waals surface area contributed by atoms with Gasteiger partial charge in [0.1, 0.15) is 10.4 Å². The van der Waals surface area contributed by atoms with Crippen LogP contribution in [0.25, 0.3) is 20.7 Å². The van der Waals surface area contributed by atoms with Crippen molar-refractivity contribution in [1.82, 2.24) is 9.55 Å². The molecule has 0 amide bonds. The third-order valence-electron chi connectivity index (χ3n) is 4.12. The van der Waals surface area contributed by atoms with Gasteiger partial charge in [-0.25, -0.2) is 4.98 Å². The first-order valence-corrected chi connectivity index (χ1v) is 9.35. The summed E-state index contributed by atoms with van der Waals surface area (Å²) in [5.41, 5.74) is 1.88. The number of aromatic nitrogens is 2. The molecule has 130 valence electrons. The van der Waals surface area contributed by atoms with E-state index >= 15 is 0 Å². The van der Waals surface area contributed by atoms with E-state index in [4.69, 9.17) is 4.74 Å². The minimum Gasteiger partial charge on any atom is -0.494 e. The number of nitrogens with zero attached hydrogens (tertiary/aromatic N) is 2. The monoisotopic (exact) mass is 362 g/mol. The molecular weight excluding hydrogens is 344 g/mol. The van der Waals surface area contributed by atoms with Gasteiger partial charge in [-0.15, -0.1) is 11.3 Å². The van der Waals surface area contributed by atoms with Crippen LogP contribution in [0, 0.1) is 0 Å². The third kappa shape index (κ3) is 3.53. The third-order valence-corrected chi connectivity index (χ3v) is 5.28. The molecule has 0 radical (unpaired) electrons.